The molecule has 0 radical (unpaired) electrons. The van der Waals surface area contributed by atoms with Gasteiger partial charge in [0.25, 0.3) is 6.43 Å². The first-order valence-electron chi connectivity index (χ1n) is 2.93. The van der Waals surface area contributed by atoms with Crippen LogP contribution in [0.1, 0.15) is 0 Å². The van der Waals surface area contributed by atoms with Crippen LogP contribution in [0.25, 0.3) is 0 Å². The fourth-order valence-corrected chi connectivity index (χ4v) is 0.747. The average molecular weight is 185 g/mol. The maximum Gasteiger partial charge on any atom is 0.321 e. The van der Waals surface area contributed by atoms with Gasteiger partial charge in [0, 0.05) is 5.75 Å². The molecule has 66 valence electrons. The number of thiol groups is 1. The van der Waals surface area contributed by atoms with Gasteiger partial charge in [-0.3, -0.25) is 10.1 Å². The van der Waals surface area contributed by atoms with Crippen LogP contribution in [0.2, 0.25) is 0 Å². The van der Waals surface area contributed by atoms with E-state index in [1.54, 1.807) is 0 Å². The number of hydrogen-bond donors (Lipinski definition) is 3. The van der Waals surface area contributed by atoms with Crippen molar-refractivity contribution in [1.29, 1.82) is 0 Å². The molecule has 0 amide bonds. The van der Waals surface area contributed by atoms with Crippen LogP contribution in [0, 0.1) is 0 Å². The van der Waals surface area contributed by atoms with E-state index in [9.17, 15) is 13.6 Å². The van der Waals surface area contributed by atoms with Gasteiger partial charge in [-0.05, 0) is 0 Å². The van der Waals surface area contributed by atoms with Gasteiger partial charge in [0.15, 0.2) is 0 Å². The molecule has 0 aromatic rings. The van der Waals surface area contributed by atoms with E-state index in [0.717, 1.165) is 0 Å². The van der Waals surface area contributed by atoms with E-state index in [1.807, 2.05) is 0 Å². The van der Waals surface area contributed by atoms with E-state index in [0.29, 0.717) is 0 Å². The van der Waals surface area contributed by atoms with E-state index < -0.39 is 25.0 Å². The lowest BCUT2D eigenvalue weighted by Crippen LogP contribution is -2.40. The molecule has 0 aliphatic carbocycles. The van der Waals surface area contributed by atoms with Crippen LogP contribution >= 0.6 is 12.6 Å². The van der Waals surface area contributed by atoms with Gasteiger partial charge in [0.05, 0.1) is 6.54 Å². The van der Waals surface area contributed by atoms with E-state index in [-0.39, 0.29) is 5.75 Å². The molecule has 0 heterocycles. The van der Waals surface area contributed by atoms with Gasteiger partial charge < -0.3 is 5.11 Å². The topological polar surface area (TPSA) is 49.3 Å². The van der Waals surface area contributed by atoms with Gasteiger partial charge in [-0.15, -0.1) is 0 Å². The van der Waals surface area contributed by atoms with Crippen molar-refractivity contribution in [3.05, 3.63) is 0 Å². The maximum atomic E-state index is 11.5. The number of carboxylic acids is 1. The third kappa shape index (κ3) is 4.97. The molecular formula is C5H9F2NO2S. The summed E-state index contributed by atoms with van der Waals surface area (Å²) in [5.41, 5.74) is 0. The highest BCUT2D eigenvalue weighted by Gasteiger charge is 2.15. The highest BCUT2D eigenvalue weighted by Crippen LogP contribution is 1.92. The lowest BCUT2D eigenvalue weighted by atomic mass is 10.3. The Morgan fingerprint density at radius 1 is 1.64 bits per heavy atom. The summed E-state index contributed by atoms with van der Waals surface area (Å²) in [5, 5.41) is 10.5. The van der Waals surface area contributed by atoms with Gasteiger partial charge in [0.2, 0.25) is 0 Å². The zero-order chi connectivity index (χ0) is 8.85. The number of hydrogen-bond acceptors (Lipinski definition) is 3. The molecule has 0 aromatic heterocycles. The Hall–Kier alpha value is -0.360. The molecule has 0 unspecified atom stereocenters. The van der Waals surface area contributed by atoms with E-state index in [4.69, 9.17) is 5.11 Å². The largest absolute Gasteiger partial charge is 0.480 e. The quantitative estimate of drug-likeness (QED) is 0.537. The normalized spacial score (nSPS) is 13.5. The third-order valence-electron chi connectivity index (χ3n) is 0.999. The minimum absolute atomic E-state index is 0.00204. The molecule has 0 aromatic carbocycles. The fraction of sp³-hybridized carbons (Fsp3) is 0.800. The van der Waals surface area contributed by atoms with Crippen molar-refractivity contribution < 1.29 is 18.7 Å². The van der Waals surface area contributed by atoms with E-state index in [1.165, 1.54) is 0 Å². The second kappa shape index (κ2) is 5.31. The van der Waals surface area contributed by atoms with Gasteiger partial charge in [0.1, 0.15) is 6.04 Å². The number of rotatable bonds is 5. The van der Waals surface area contributed by atoms with Crippen molar-refractivity contribution in [3.8, 4) is 0 Å². The SMILES string of the molecule is O=C(O)[C@H](CS)NCC(F)F. The second-order valence-electron chi connectivity index (χ2n) is 1.87. The van der Waals surface area contributed by atoms with Crippen LogP contribution in [-0.2, 0) is 4.79 Å². The monoisotopic (exact) mass is 185 g/mol. The van der Waals surface area contributed by atoms with Crippen LogP contribution < -0.4 is 5.32 Å². The molecule has 0 rings (SSSR count). The fourth-order valence-electron chi connectivity index (χ4n) is 0.461. The Labute approximate surface area is 68.2 Å². The highest BCUT2D eigenvalue weighted by atomic mass is 32.1. The zero-order valence-electron chi connectivity index (χ0n) is 5.63. The van der Waals surface area contributed by atoms with Gasteiger partial charge >= 0.3 is 5.97 Å². The van der Waals surface area contributed by atoms with Crippen molar-refractivity contribution in [2.75, 3.05) is 12.3 Å². The molecule has 0 spiro atoms. The van der Waals surface area contributed by atoms with E-state index in [2.05, 4.69) is 17.9 Å². The van der Waals surface area contributed by atoms with Gasteiger partial charge in [-0.1, -0.05) is 0 Å². The predicted octanol–water partition coefficient (Wildman–Crippen LogP) is 0.224. The second-order valence-corrected chi connectivity index (χ2v) is 2.24. The standard InChI is InChI=1S/C5H9F2NO2S/c6-4(7)1-8-3(2-11)5(9)10/h3-4,8,11H,1-2H2,(H,9,10)/t3-/m0/s1. The lowest BCUT2D eigenvalue weighted by molar-refractivity contribution is -0.138. The first-order chi connectivity index (χ1) is 5.07. The molecule has 3 nitrogen and oxygen atoms in total. The first kappa shape index (κ1) is 10.6. The van der Waals surface area contributed by atoms with Crippen molar-refractivity contribution >= 4 is 18.6 Å². The summed E-state index contributed by atoms with van der Waals surface area (Å²) < 4.78 is 23.0. The molecule has 0 aliphatic rings. The molecule has 1 atom stereocenters. The van der Waals surface area contributed by atoms with Crippen LogP contribution in [0.15, 0.2) is 0 Å². The Bertz CT molecular complexity index is 134. The summed E-state index contributed by atoms with van der Waals surface area (Å²) in [6, 6.07) is -0.993. The smallest absolute Gasteiger partial charge is 0.321 e. The number of nitrogens with one attached hydrogen (secondary N) is 1. The summed E-state index contributed by atoms with van der Waals surface area (Å²) >= 11 is 3.67. The summed E-state index contributed by atoms with van der Waals surface area (Å²) in [6.07, 6.45) is -2.53. The number of aliphatic carboxylic acids is 1. The number of alkyl halides is 2. The molecule has 0 fully saturated rings. The molecule has 0 aliphatic heterocycles. The summed E-state index contributed by atoms with van der Waals surface area (Å²) in [4.78, 5) is 10.2. The molecule has 11 heavy (non-hydrogen) atoms. The number of halogens is 2. The van der Waals surface area contributed by atoms with E-state index >= 15 is 0 Å². The molecule has 2 N–H and O–H groups in total. The highest BCUT2D eigenvalue weighted by molar-refractivity contribution is 7.80. The van der Waals surface area contributed by atoms with Crippen LogP contribution in [-0.4, -0.2) is 35.8 Å². The van der Waals surface area contributed by atoms with Crippen LogP contribution in [0.3, 0.4) is 0 Å². The Kier molecular flexibility index (Phi) is 5.14. The zero-order valence-corrected chi connectivity index (χ0v) is 6.52. The predicted molar refractivity (Wildman–Crippen MR) is 39.3 cm³/mol. The Morgan fingerprint density at radius 3 is 2.45 bits per heavy atom. The van der Waals surface area contributed by atoms with Crippen LogP contribution in [0.4, 0.5) is 8.78 Å². The Morgan fingerprint density at radius 2 is 2.18 bits per heavy atom. The van der Waals surface area contributed by atoms with Gasteiger partial charge in [-0.2, -0.15) is 12.6 Å². The molecule has 0 saturated carbocycles. The maximum absolute atomic E-state index is 11.5. The number of carbonyl (C=O) groups is 1. The molecule has 0 bridgehead atoms. The average Bonchev–Trinajstić information content (AvgIpc) is 1.87. The minimum atomic E-state index is -2.53. The van der Waals surface area contributed by atoms with Crippen molar-refractivity contribution in [2.24, 2.45) is 0 Å². The summed E-state index contributed by atoms with van der Waals surface area (Å²) in [7, 11) is 0. The number of carboxylic acid groups (broad SMARTS) is 1. The van der Waals surface area contributed by atoms with Crippen molar-refractivity contribution in [2.45, 2.75) is 12.5 Å². The molecular weight excluding hydrogens is 176 g/mol. The van der Waals surface area contributed by atoms with Crippen molar-refractivity contribution in [1.82, 2.24) is 5.32 Å². The summed E-state index contributed by atoms with van der Waals surface area (Å²) in [6.45, 7) is -0.614. The Balaban J connectivity index is 3.61. The molecule has 0 saturated heterocycles. The van der Waals surface area contributed by atoms with Crippen LogP contribution in [0.5, 0.6) is 0 Å². The first-order valence-corrected chi connectivity index (χ1v) is 3.56. The third-order valence-corrected chi connectivity index (χ3v) is 1.36. The summed E-state index contributed by atoms with van der Waals surface area (Å²) in [5.74, 6) is -1.16. The van der Waals surface area contributed by atoms with Crippen molar-refractivity contribution in [3.63, 3.8) is 0 Å². The van der Waals surface area contributed by atoms with Gasteiger partial charge in [-0.25, -0.2) is 8.78 Å². The molecule has 6 heteroatoms. The lowest BCUT2D eigenvalue weighted by Gasteiger charge is -2.10. The minimum Gasteiger partial charge on any atom is -0.480 e.